The Morgan fingerprint density at radius 3 is 2.61 bits per heavy atom. The number of ether oxygens (including phenoxy) is 3. The Morgan fingerprint density at radius 2 is 2.09 bits per heavy atom. The van der Waals surface area contributed by atoms with Crippen LogP contribution in [0, 0.1) is 0 Å². The third-order valence-corrected chi connectivity index (χ3v) is 3.94. The largest absolute Gasteiger partial charge is 0.466 e. The van der Waals surface area contributed by atoms with Crippen LogP contribution in [0.5, 0.6) is 0 Å². The minimum Gasteiger partial charge on any atom is -0.466 e. The smallest absolute Gasteiger partial charge is 0.334 e. The molecule has 0 unspecified atom stereocenters. The maximum Gasteiger partial charge on any atom is 0.334 e. The molecule has 0 radical (unpaired) electrons. The van der Waals surface area contributed by atoms with E-state index < -0.39 is 11.8 Å². The molecule has 0 aliphatic carbocycles. The Morgan fingerprint density at radius 1 is 1.43 bits per heavy atom. The summed E-state index contributed by atoms with van der Waals surface area (Å²) < 4.78 is 16.5. The lowest BCUT2D eigenvalue weighted by Crippen LogP contribution is -2.46. The predicted molar refractivity (Wildman–Crippen MR) is 87.8 cm³/mol. The SMILES string of the molecule is C=C(C(=O)OC)[C@H]([C@H]1COC(C)(C)O1)N(C)Cc1ccccc1. The van der Waals surface area contributed by atoms with Crippen LogP contribution in [-0.2, 0) is 25.5 Å². The molecule has 1 aliphatic heterocycles. The topological polar surface area (TPSA) is 48.0 Å². The lowest BCUT2D eigenvalue weighted by Gasteiger charge is -2.32. The Hall–Kier alpha value is -1.69. The Balaban J connectivity index is 2.19. The first kappa shape index (κ1) is 17.7. The highest BCUT2D eigenvalue weighted by atomic mass is 16.7. The van der Waals surface area contributed by atoms with Crippen molar-refractivity contribution in [1.82, 2.24) is 4.90 Å². The summed E-state index contributed by atoms with van der Waals surface area (Å²) in [6.07, 6.45) is -0.273. The number of hydrogen-bond donors (Lipinski definition) is 0. The van der Waals surface area contributed by atoms with Crippen LogP contribution in [0.1, 0.15) is 19.4 Å². The van der Waals surface area contributed by atoms with E-state index >= 15 is 0 Å². The maximum atomic E-state index is 12.0. The average Bonchev–Trinajstić information content (AvgIpc) is 2.87. The van der Waals surface area contributed by atoms with Gasteiger partial charge in [-0.15, -0.1) is 0 Å². The lowest BCUT2D eigenvalue weighted by atomic mass is 10.0. The van der Waals surface area contributed by atoms with Crippen molar-refractivity contribution in [1.29, 1.82) is 0 Å². The molecule has 0 N–H and O–H groups in total. The van der Waals surface area contributed by atoms with E-state index in [0.29, 0.717) is 18.7 Å². The Labute approximate surface area is 137 Å². The number of rotatable bonds is 6. The molecule has 5 heteroatoms. The molecule has 5 nitrogen and oxygen atoms in total. The van der Waals surface area contributed by atoms with E-state index in [-0.39, 0.29) is 12.1 Å². The number of methoxy groups -OCH3 is 1. The van der Waals surface area contributed by atoms with Crippen molar-refractivity contribution in [2.24, 2.45) is 0 Å². The number of carbonyl (C=O) groups excluding carboxylic acids is 1. The number of hydrogen-bond acceptors (Lipinski definition) is 5. The van der Waals surface area contributed by atoms with Gasteiger partial charge in [-0.2, -0.15) is 0 Å². The number of benzene rings is 1. The second-order valence-corrected chi connectivity index (χ2v) is 6.23. The molecule has 2 atom stereocenters. The quantitative estimate of drug-likeness (QED) is 0.595. The van der Waals surface area contributed by atoms with E-state index in [9.17, 15) is 4.79 Å². The van der Waals surface area contributed by atoms with Gasteiger partial charge in [0.2, 0.25) is 0 Å². The van der Waals surface area contributed by atoms with Gasteiger partial charge in [0.1, 0.15) is 6.10 Å². The van der Waals surface area contributed by atoms with Gasteiger partial charge >= 0.3 is 5.97 Å². The lowest BCUT2D eigenvalue weighted by molar-refractivity contribution is -0.148. The normalized spacial score (nSPS) is 21.2. The molecule has 1 aromatic rings. The highest BCUT2D eigenvalue weighted by Gasteiger charge is 2.41. The maximum absolute atomic E-state index is 12.0. The van der Waals surface area contributed by atoms with E-state index in [1.807, 2.05) is 56.1 Å². The fourth-order valence-electron chi connectivity index (χ4n) is 2.87. The van der Waals surface area contributed by atoms with E-state index in [1.165, 1.54) is 7.11 Å². The van der Waals surface area contributed by atoms with Gasteiger partial charge in [-0.3, -0.25) is 4.90 Å². The monoisotopic (exact) mass is 319 g/mol. The molecular formula is C18H25NO4. The first-order valence-corrected chi connectivity index (χ1v) is 7.67. The predicted octanol–water partition coefficient (Wildman–Crippen LogP) is 2.37. The first-order valence-electron chi connectivity index (χ1n) is 7.67. The average molecular weight is 319 g/mol. The molecule has 1 aromatic carbocycles. The van der Waals surface area contributed by atoms with Gasteiger partial charge in [0.25, 0.3) is 0 Å². The molecule has 0 aromatic heterocycles. The number of likely N-dealkylation sites (N-methyl/N-ethyl adjacent to an activating group) is 1. The Kier molecular flexibility index (Phi) is 5.57. The van der Waals surface area contributed by atoms with Crippen LogP contribution in [0.3, 0.4) is 0 Å². The molecule has 1 fully saturated rings. The summed E-state index contributed by atoms with van der Waals surface area (Å²) in [5.41, 5.74) is 1.52. The number of nitrogens with zero attached hydrogens (tertiary/aromatic N) is 1. The highest BCUT2D eigenvalue weighted by Crippen LogP contribution is 2.29. The molecular weight excluding hydrogens is 294 g/mol. The molecule has 23 heavy (non-hydrogen) atoms. The summed E-state index contributed by atoms with van der Waals surface area (Å²) in [6.45, 7) is 8.73. The van der Waals surface area contributed by atoms with Crippen LogP contribution < -0.4 is 0 Å². The summed E-state index contributed by atoms with van der Waals surface area (Å²) in [4.78, 5) is 14.0. The summed E-state index contributed by atoms with van der Waals surface area (Å²) in [5.74, 6) is -1.09. The second kappa shape index (κ2) is 7.25. The van der Waals surface area contributed by atoms with E-state index in [4.69, 9.17) is 14.2 Å². The minimum atomic E-state index is -0.660. The fourth-order valence-corrected chi connectivity index (χ4v) is 2.87. The molecule has 0 saturated carbocycles. The van der Waals surface area contributed by atoms with Crippen molar-refractivity contribution in [2.45, 2.75) is 38.3 Å². The summed E-state index contributed by atoms with van der Waals surface area (Å²) in [5, 5.41) is 0. The molecule has 0 amide bonds. The van der Waals surface area contributed by atoms with Crippen molar-refractivity contribution in [3.63, 3.8) is 0 Å². The van der Waals surface area contributed by atoms with Crippen LogP contribution in [0.4, 0.5) is 0 Å². The Bertz CT molecular complexity index is 555. The molecule has 1 saturated heterocycles. The van der Waals surface area contributed by atoms with Gasteiger partial charge in [-0.05, 0) is 26.5 Å². The van der Waals surface area contributed by atoms with Crippen molar-refractivity contribution in [3.8, 4) is 0 Å². The van der Waals surface area contributed by atoms with Gasteiger partial charge in [0.15, 0.2) is 5.79 Å². The molecule has 1 aliphatic rings. The zero-order chi connectivity index (χ0) is 17.0. The zero-order valence-corrected chi connectivity index (χ0v) is 14.2. The fraction of sp³-hybridized carbons (Fsp3) is 0.500. The van der Waals surface area contributed by atoms with Crippen molar-refractivity contribution in [3.05, 3.63) is 48.0 Å². The van der Waals surface area contributed by atoms with Crippen LogP contribution >= 0.6 is 0 Å². The molecule has 2 rings (SSSR count). The van der Waals surface area contributed by atoms with Crippen LogP contribution in [-0.4, -0.2) is 49.6 Å². The summed E-state index contributed by atoms with van der Waals surface area (Å²) >= 11 is 0. The van der Waals surface area contributed by atoms with Crippen molar-refractivity contribution in [2.75, 3.05) is 20.8 Å². The molecule has 0 bridgehead atoms. The molecule has 1 heterocycles. The summed E-state index contributed by atoms with van der Waals surface area (Å²) in [7, 11) is 3.30. The van der Waals surface area contributed by atoms with Gasteiger partial charge in [0, 0.05) is 12.1 Å². The first-order chi connectivity index (χ1) is 10.8. The highest BCUT2D eigenvalue weighted by molar-refractivity contribution is 5.89. The third kappa shape index (κ3) is 4.41. The van der Waals surface area contributed by atoms with E-state index in [2.05, 4.69) is 6.58 Å². The van der Waals surface area contributed by atoms with Gasteiger partial charge in [0.05, 0.1) is 19.8 Å². The van der Waals surface area contributed by atoms with Crippen LogP contribution in [0.2, 0.25) is 0 Å². The standard InChI is InChI=1S/C18H25NO4/c1-13(17(20)21-5)16(15-12-22-18(2,3)23-15)19(4)11-14-9-7-6-8-10-14/h6-10,15-16H,1,11-12H2,2-5H3/t15-,16-/m1/s1. The molecule has 126 valence electrons. The zero-order valence-electron chi connectivity index (χ0n) is 14.2. The summed E-state index contributed by atoms with van der Waals surface area (Å²) in [6, 6.07) is 9.74. The number of carbonyl (C=O) groups is 1. The second-order valence-electron chi connectivity index (χ2n) is 6.23. The van der Waals surface area contributed by atoms with Gasteiger partial charge in [-0.1, -0.05) is 36.9 Å². The van der Waals surface area contributed by atoms with Gasteiger partial charge in [-0.25, -0.2) is 4.79 Å². The van der Waals surface area contributed by atoms with Gasteiger partial charge < -0.3 is 14.2 Å². The van der Waals surface area contributed by atoms with Crippen molar-refractivity contribution < 1.29 is 19.0 Å². The van der Waals surface area contributed by atoms with Crippen molar-refractivity contribution >= 4 is 5.97 Å². The molecule has 0 spiro atoms. The third-order valence-electron chi connectivity index (χ3n) is 3.94. The van der Waals surface area contributed by atoms with Crippen LogP contribution in [0.15, 0.2) is 42.5 Å². The number of esters is 1. The van der Waals surface area contributed by atoms with Crippen LogP contribution in [0.25, 0.3) is 0 Å². The van der Waals surface area contributed by atoms with E-state index in [0.717, 1.165) is 5.56 Å². The van der Waals surface area contributed by atoms with E-state index in [1.54, 1.807) is 0 Å². The minimum absolute atomic E-state index is 0.273.